The van der Waals surface area contributed by atoms with Crippen LogP contribution < -0.4 is 0 Å². The summed E-state index contributed by atoms with van der Waals surface area (Å²) in [4.78, 5) is 27.7. The molecule has 2 bridgehead atoms. The van der Waals surface area contributed by atoms with Crippen molar-refractivity contribution in [3.8, 4) is 0 Å². The zero-order valence-corrected chi connectivity index (χ0v) is 15.4. The van der Waals surface area contributed by atoms with Crippen LogP contribution in [0.15, 0.2) is 42.5 Å². The standard InChI is InChI=1S/C21H25NO4/c1-13(2)11-25-20(24)17-16-9-10-21(26-16)12-22(19(23)18(17)21)14(3)15-7-5-4-6-8-15/h4-10,13-14,16-18H,11-12H2,1-3H3/t14-,16+,17+,18-,21-/m0/s1. The van der Waals surface area contributed by atoms with Gasteiger partial charge >= 0.3 is 5.97 Å². The molecule has 26 heavy (non-hydrogen) atoms. The Morgan fingerprint density at radius 3 is 2.73 bits per heavy atom. The number of hydrogen-bond donors (Lipinski definition) is 0. The SMILES string of the molecule is CC(C)COC(=O)[C@H]1[C@H]2C(=O)N([C@@H](C)c3ccccc3)C[C@@]23C=C[C@H]1O3. The minimum Gasteiger partial charge on any atom is -0.465 e. The molecule has 1 amide bonds. The van der Waals surface area contributed by atoms with Crippen molar-refractivity contribution in [1.29, 1.82) is 0 Å². The minimum absolute atomic E-state index is 0.0142. The van der Waals surface area contributed by atoms with Crippen molar-refractivity contribution in [2.45, 2.75) is 38.5 Å². The lowest BCUT2D eigenvalue weighted by molar-refractivity contribution is -0.155. The number of ether oxygens (including phenoxy) is 2. The van der Waals surface area contributed by atoms with E-state index in [2.05, 4.69) is 0 Å². The number of nitrogens with zero attached hydrogens (tertiary/aromatic N) is 1. The van der Waals surface area contributed by atoms with Gasteiger partial charge in [-0.25, -0.2) is 0 Å². The summed E-state index contributed by atoms with van der Waals surface area (Å²) in [5, 5.41) is 0. The van der Waals surface area contributed by atoms with Crippen LogP contribution in [0, 0.1) is 17.8 Å². The molecular weight excluding hydrogens is 330 g/mol. The Morgan fingerprint density at radius 1 is 1.31 bits per heavy atom. The van der Waals surface area contributed by atoms with Crippen LogP contribution in [0.3, 0.4) is 0 Å². The van der Waals surface area contributed by atoms with E-state index in [9.17, 15) is 9.59 Å². The first kappa shape index (κ1) is 17.3. The van der Waals surface area contributed by atoms with Crippen molar-refractivity contribution < 1.29 is 19.1 Å². The van der Waals surface area contributed by atoms with Gasteiger partial charge in [-0.1, -0.05) is 56.3 Å². The summed E-state index contributed by atoms with van der Waals surface area (Å²) in [6.45, 7) is 6.86. The molecule has 5 heteroatoms. The Hall–Kier alpha value is -2.14. The van der Waals surface area contributed by atoms with E-state index in [0.29, 0.717) is 13.2 Å². The molecule has 0 saturated carbocycles. The Labute approximate surface area is 154 Å². The second-order valence-electron chi connectivity index (χ2n) is 7.98. The normalized spacial score (nSPS) is 33.0. The highest BCUT2D eigenvalue weighted by Gasteiger charge is 2.67. The molecule has 1 spiro atoms. The summed E-state index contributed by atoms with van der Waals surface area (Å²) >= 11 is 0. The van der Waals surface area contributed by atoms with Gasteiger partial charge in [0.15, 0.2) is 0 Å². The van der Waals surface area contributed by atoms with Crippen molar-refractivity contribution in [3.63, 3.8) is 0 Å². The lowest BCUT2D eigenvalue weighted by atomic mass is 9.77. The molecule has 1 aromatic carbocycles. The highest BCUT2D eigenvalue weighted by Crippen LogP contribution is 2.53. The van der Waals surface area contributed by atoms with Gasteiger partial charge in [-0.2, -0.15) is 0 Å². The molecule has 138 valence electrons. The van der Waals surface area contributed by atoms with E-state index in [0.717, 1.165) is 5.56 Å². The lowest BCUT2D eigenvalue weighted by Crippen LogP contribution is -2.40. The summed E-state index contributed by atoms with van der Waals surface area (Å²) in [5.74, 6) is -1.10. The van der Waals surface area contributed by atoms with E-state index >= 15 is 0 Å². The van der Waals surface area contributed by atoms with Gasteiger partial charge in [0.05, 0.1) is 31.2 Å². The quantitative estimate of drug-likeness (QED) is 0.602. The summed E-state index contributed by atoms with van der Waals surface area (Å²) in [5.41, 5.74) is 0.390. The molecule has 0 aliphatic carbocycles. The smallest absolute Gasteiger partial charge is 0.312 e. The third kappa shape index (κ3) is 2.57. The summed E-state index contributed by atoms with van der Waals surface area (Å²) in [7, 11) is 0. The first-order valence-corrected chi connectivity index (χ1v) is 9.32. The van der Waals surface area contributed by atoms with Gasteiger partial charge in [0.25, 0.3) is 0 Å². The second-order valence-corrected chi connectivity index (χ2v) is 7.98. The number of amides is 1. The summed E-state index contributed by atoms with van der Waals surface area (Å²) < 4.78 is 11.6. The third-order valence-corrected chi connectivity index (χ3v) is 5.71. The van der Waals surface area contributed by atoms with Gasteiger partial charge in [0.1, 0.15) is 11.5 Å². The van der Waals surface area contributed by atoms with Crippen LogP contribution in [-0.4, -0.2) is 41.6 Å². The van der Waals surface area contributed by atoms with E-state index < -0.39 is 17.4 Å². The van der Waals surface area contributed by atoms with Crippen molar-refractivity contribution >= 4 is 11.9 Å². The molecule has 0 radical (unpaired) electrons. The maximum Gasteiger partial charge on any atom is 0.312 e. The molecule has 1 aromatic rings. The number of hydrogen-bond acceptors (Lipinski definition) is 4. The Morgan fingerprint density at radius 2 is 2.04 bits per heavy atom. The molecule has 0 unspecified atom stereocenters. The van der Waals surface area contributed by atoms with Crippen LogP contribution in [-0.2, 0) is 19.1 Å². The maximum absolute atomic E-state index is 13.2. The fraction of sp³-hybridized carbons (Fsp3) is 0.524. The number of rotatable bonds is 5. The molecule has 2 fully saturated rings. The first-order valence-electron chi connectivity index (χ1n) is 9.32. The summed E-state index contributed by atoms with van der Waals surface area (Å²) in [6, 6.07) is 9.88. The number of benzene rings is 1. The molecule has 5 nitrogen and oxygen atoms in total. The van der Waals surface area contributed by atoms with Crippen molar-refractivity contribution in [1.82, 2.24) is 4.90 Å². The second kappa shape index (κ2) is 6.23. The van der Waals surface area contributed by atoms with Crippen molar-refractivity contribution in [2.24, 2.45) is 17.8 Å². The fourth-order valence-electron chi connectivity index (χ4n) is 4.38. The molecule has 0 aromatic heterocycles. The molecule has 3 heterocycles. The van der Waals surface area contributed by atoms with E-state index in [1.165, 1.54) is 0 Å². The van der Waals surface area contributed by atoms with Crippen LogP contribution in [0.4, 0.5) is 0 Å². The van der Waals surface area contributed by atoms with Gasteiger partial charge in [-0.3, -0.25) is 9.59 Å². The van der Waals surface area contributed by atoms with Crippen LogP contribution in [0.25, 0.3) is 0 Å². The van der Waals surface area contributed by atoms with Crippen LogP contribution in [0.1, 0.15) is 32.4 Å². The zero-order valence-electron chi connectivity index (χ0n) is 15.4. The minimum atomic E-state index is -0.688. The van der Waals surface area contributed by atoms with Crippen molar-refractivity contribution in [3.05, 3.63) is 48.0 Å². The number of carbonyl (C=O) groups excluding carboxylic acids is 2. The van der Waals surface area contributed by atoms with Gasteiger partial charge in [-0.05, 0) is 18.4 Å². The van der Waals surface area contributed by atoms with Gasteiger partial charge in [0.2, 0.25) is 5.91 Å². The molecule has 3 aliphatic rings. The van der Waals surface area contributed by atoms with Crippen LogP contribution >= 0.6 is 0 Å². The van der Waals surface area contributed by atoms with Gasteiger partial charge in [0, 0.05) is 0 Å². The van der Waals surface area contributed by atoms with E-state index in [4.69, 9.17) is 9.47 Å². The molecule has 0 N–H and O–H groups in total. The van der Waals surface area contributed by atoms with E-state index in [1.54, 1.807) is 0 Å². The Bertz CT molecular complexity index is 744. The summed E-state index contributed by atoms with van der Waals surface area (Å²) in [6.07, 6.45) is 3.55. The predicted molar refractivity (Wildman–Crippen MR) is 96.1 cm³/mol. The maximum atomic E-state index is 13.2. The average Bonchev–Trinajstić information content (AvgIpc) is 3.28. The fourth-order valence-corrected chi connectivity index (χ4v) is 4.38. The molecule has 4 rings (SSSR count). The van der Waals surface area contributed by atoms with E-state index in [-0.39, 0.29) is 29.9 Å². The topological polar surface area (TPSA) is 55.8 Å². The zero-order chi connectivity index (χ0) is 18.5. The number of fused-ring (bicyclic) bond motifs is 1. The van der Waals surface area contributed by atoms with Gasteiger partial charge in [-0.15, -0.1) is 0 Å². The molecule has 2 saturated heterocycles. The number of esters is 1. The molecule has 5 atom stereocenters. The lowest BCUT2D eigenvalue weighted by Gasteiger charge is -2.27. The van der Waals surface area contributed by atoms with E-state index in [1.807, 2.05) is 68.2 Å². The number of likely N-dealkylation sites (tertiary alicyclic amines) is 1. The average molecular weight is 355 g/mol. The largest absolute Gasteiger partial charge is 0.465 e. The van der Waals surface area contributed by atoms with Crippen LogP contribution in [0.2, 0.25) is 0 Å². The van der Waals surface area contributed by atoms with Gasteiger partial charge < -0.3 is 14.4 Å². The monoisotopic (exact) mass is 355 g/mol. The first-order chi connectivity index (χ1) is 12.4. The highest BCUT2D eigenvalue weighted by atomic mass is 16.6. The van der Waals surface area contributed by atoms with Crippen LogP contribution in [0.5, 0.6) is 0 Å². The number of carbonyl (C=O) groups is 2. The van der Waals surface area contributed by atoms with Crippen molar-refractivity contribution in [2.75, 3.05) is 13.2 Å². The Kier molecular flexibility index (Phi) is 4.14. The molecular formula is C21H25NO4. The molecule has 3 aliphatic heterocycles. The predicted octanol–water partition coefficient (Wildman–Crippen LogP) is 2.73. The Balaban J connectivity index is 1.58. The third-order valence-electron chi connectivity index (χ3n) is 5.71. The highest BCUT2D eigenvalue weighted by molar-refractivity contribution is 5.91.